The third-order valence-electron chi connectivity index (χ3n) is 4.88. The standard InChI is InChI=1S/C22H26N4O4S/c1-5-13-26(15-21(27)30-6-2)31(28,29)18-9-7-17(8-10-18)14-19-22-20(11-12-23-19)25(4)16(3)24-22/h5,7-12H,1,6,13-15H2,2-4H3/i9D. The first kappa shape index (κ1) is 21.2. The van der Waals surface area contributed by atoms with Gasteiger partial charge in [0.25, 0.3) is 0 Å². The van der Waals surface area contributed by atoms with Crippen molar-refractivity contribution in [2.24, 2.45) is 7.05 Å². The van der Waals surface area contributed by atoms with E-state index in [0.717, 1.165) is 32.4 Å². The maximum Gasteiger partial charge on any atom is 0.321 e. The molecule has 0 unspecified atom stereocenters. The number of carbonyl (C=O) groups excluding carboxylic acids is 1. The number of benzene rings is 1. The van der Waals surface area contributed by atoms with Gasteiger partial charge in [0, 0.05) is 26.2 Å². The van der Waals surface area contributed by atoms with Crippen molar-refractivity contribution in [3.63, 3.8) is 0 Å². The van der Waals surface area contributed by atoms with Gasteiger partial charge in [0.2, 0.25) is 10.0 Å². The van der Waals surface area contributed by atoms with Crippen LogP contribution in [0.1, 0.15) is 25.4 Å². The molecule has 31 heavy (non-hydrogen) atoms. The second-order valence-electron chi connectivity index (χ2n) is 6.97. The molecule has 0 bridgehead atoms. The Hall–Kier alpha value is -3.04. The van der Waals surface area contributed by atoms with Gasteiger partial charge in [-0.3, -0.25) is 9.78 Å². The molecule has 0 amide bonds. The molecule has 1 aromatic carbocycles. The minimum absolute atomic E-state index is 0.0761. The molecule has 2 heterocycles. The highest BCUT2D eigenvalue weighted by molar-refractivity contribution is 7.89. The molecule has 0 radical (unpaired) electrons. The first-order valence-electron chi connectivity index (χ1n) is 10.3. The van der Waals surface area contributed by atoms with Crippen LogP contribution in [0.25, 0.3) is 11.0 Å². The minimum Gasteiger partial charge on any atom is -0.465 e. The van der Waals surface area contributed by atoms with E-state index in [1.807, 2.05) is 24.6 Å². The summed E-state index contributed by atoms with van der Waals surface area (Å²) < 4.78 is 42.3. The summed E-state index contributed by atoms with van der Waals surface area (Å²) in [4.78, 5) is 20.7. The number of imidazole rings is 1. The zero-order chi connectivity index (χ0) is 23.5. The Kier molecular flexibility index (Phi) is 6.43. The maximum absolute atomic E-state index is 13.1. The van der Waals surface area contributed by atoms with Crippen molar-refractivity contribution in [1.82, 2.24) is 18.8 Å². The van der Waals surface area contributed by atoms with Crippen LogP contribution in [0.5, 0.6) is 0 Å². The smallest absolute Gasteiger partial charge is 0.321 e. The van der Waals surface area contributed by atoms with E-state index in [-0.39, 0.29) is 24.1 Å². The molecule has 3 aromatic rings. The number of pyridine rings is 1. The molecule has 0 atom stereocenters. The normalized spacial score (nSPS) is 12.2. The predicted octanol–water partition coefficient (Wildman–Crippen LogP) is 2.61. The van der Waals surface area contributed by atoms with Gasteiger partial charge in [-0.2, -0.15) is 4.31 Å². The number of nitrogens with zero attached hydrogens (tertiary/aromatic N) is 4. The van der Waals surface area contributed by atoms with Crippen LogP contribution in [-0.2, 0) is 33.0 Å². The van der Waals surface area contributed by atoms with Crippen LogP contribution in [0, 0.1) is 6.92 Å². The molecule has 164 valence electrons. The van der Waals surface area contributed by atoms with Gasteiger partial charge in [0.15, 0.2) is 0 Å². The molecule has 0 spiro atoms. The molecule has 0 saturated carbocycles. The molecule has 0 aliphatic rings. The average Bonchev–Trinajstić information content (AvgIpc) is 3.03. The number of sulfonamides is 1. The summed E-state index contributed by atoms with van der Waals surface area (Å²) in [5.41, 5.74) is 3.22. The third-order valence-corrected chi connectivity index (χ3v) is 6.65. The molecule has 0 saturated heterocycles. The number of fused-ring (bicyclic) bond motifs is 1. The van der Waals surface area contributed by atoms with Crippen molar-refractivity contribution in [3.8, 4) is 0 Å². The van der Waals surface area contributed by atoms with E-state index in [4.69, 9.17) is 6.11 Å². The van der Waals surface area contributed by atoms with Crippen molar-refractivity contribution < 1.29 is 19.3 Å². The summed E-state index contributed by atoms with van der Waals surface area (Å²) in [5.74, 6) is 0.201. The Labute approximate surface area is 183 Å². The summed E-state index contributed by atoms with van der Waals surface area (Å²) in [6.45, 7) is 6.74. The topological polar surface area (TPSA) is 94.4 Å². The van der Waals surface area contributed by atoms with Crippen molar-refractivity contribution in [1.29, 1.82) is 0 Å². The van der Waals surface area contributed by atoms with Crippen LogP contribution in [0.15, 0.2) is 54.1 Å². The average molecular weight is 444 g/mol. The highest BCUT2D eigenvalue weighted by Crippen LogP contribution is 2.21. The van der Waals surface area contributed by atoms with Crippen LogP contribution >= 0.6 is 0 Å². The molecule has 9 heteroatoms. The fourth-order valence-electron chi connectivity index (χ4n) is 3.21. The highest BCUT2D eigenvalue weighted by Gasteiger charge is 2.26. The second kappa shape index (κ2) is 9.40. The predicted molar refractivity (Wildman–Crippen MR) is 118 cm³/mol. The van der Waals surface area contributed by atoms with Crippen molar-refractivity contribution in [2.75, 3.05) is 19.7 Å². The number of carbonyl (C=O) groups is 1. The molecule has 3 rings (SSSR count). The van der Waals surface area contributed by atoms with Crippen LogP contribution in [0.3, 0.4) is 0 Å². The summed E-state index contributed by atoms with van der Waals surface area (Å²) in [6, 6.07) is 6.27. The first-order valence-corrected chi connectivity index (χ1v) is 11.3. The number of hydrogen-bond donors (Lipinski definition) is 0. The van der Waals surface area contributed by atoms with Crippen molar-refractivity contribution in [2.45, 2.75) is 25.2 Å². The summed E-state index contributed by atoms with van der Waals surface area (Å²) in [7, 11) is -2.16. The molecular formula is C22H26N4O4S. The van der Waals surface area contributed by atoms with Gasteiger partial charge in [0.1, 0.15) is 17.9 Å². The van der Waals surface area contributed by atoms with Gasteiger partial charge >= 0.3 is 5.97 Å². The van der Waals surface area contributed by atoms with Gasteiger partial charge in [-0.25, -0.2) is 13.4 Å². The Morgan fingerprint density at radius 2 is 2.13 bits per heavy atom. The molecular weight excluding hydrogens is 416 g/mol. The van der Waals surface area contributed by atoms with Crippen molar-refractivity contribution in [3.05, 3.63) is 66.2 Å². The monoisotopic (exact) mass is 443 g/mol. The quantitative estimate of drug-likeness (QED) is 0.373. The number of esters is 1. The van der Waals surface area contributed by atoms with Crippen LogP contribution in [0.4, 0.5) is 0 Å². The summed E-state index contributed by atoms with van der Waals surface area (Å²) in [6.07, 6.45) is 3.50. The maximum atomic E-state index is 13.1. The lowest BCUT2D eigenvalue weighted by molar-refractivity contribution is -0.143. The van der Waals surface area contributed by atoms with Gasteiger partial charge in [0.05, 0.1) is 24.1 Å². The van der Waals surface area contributed by atoms with E-state index in [9.17, 15) is 13.2 Å². The van der Waals surface area contributed by atoms with E-state index < -0.39 is 22.5 Å². The van der Waals surface area contributed by atoms with Gasteiger partial charge in [-0.1, -0.05) is 18.2 Å². The lowest BCUT2D eigenvalue weighted by atomic mass is 10.1. The second-order valence-corrected chi connectivity index (χ2v) is 8.88. The molecule has 2 aromatic heterocycles. The molecule has 0 fully saturated rings. The van der Waals surface area contributed by atoms with Gasteiger partial charge in [-0.05, 0) is 37.6 Å². The first-order chi connectivity index (χ1) is 15.2. The fourth-order valence-corrected chi connectivity index (χ4v) is 4.51. The zero-order valence-corrected chi connectivity index (χ0v) is 18.6. The minimum atomic E-state index is -4.09. The van der Waals surface area contributed by atoms with E-state index >= 15 is 0 Å². The summed E-state index contributed by atoms with van der Waals surface area (Å²) in [5, 5.41) is 0. The fraction of sp³-hybridized carbons (Fsp3) is 0.318. The number of ether oxygens (including phenoxy) is 1. The summed E-state index contributed by atoms with van der Waals surface area (Å²) >= 11 is 0. The number of rotatable bonds is 9. The Bertz CT molecular complexity index is 1270. The molecule has 0 aliphatic carbocycles. The van der Waals surface area contributed by atoms with Crippen LogP contribution < -0.4 is 0 Å². The van der Waals surface area contributed by atoms with Crippen LogP contribution in [-0.4, -0.2) is 52.9 Å². The van der Waals surface area contributed by atoms with E-state index in [2.05, 4.69) is 16.5 Å². The number of aryl methyl sites for hydroxylation is 2. The van der Waals surface area contributed by atoms with Gasteiger partial charge < -0.3 is 9.30 Å². The highest BCUT2D eigenvalue weighted by atomic mass is 32.2. The lowest BCUT2D eigenvalue weighted by Crippen LogP contribution is -2.36. The van der Waals surface area contributed by atoms with Crippen molar-refractivity contribution >= 4 is 27.0 Å². The Morgan fingerprint density at radius 3 is 2.81 bits per heavy atom. The molecule has 0 N–H and O–H groups in total. The Morgan fingerprint density at radius 1 is 1.35 bits per heavy atom. The van der Waals surface area contributed by atoms with Crippen LogP contribution in [0.2, 0.25) is 0 Å². The number of hydrogen-bond acceptors (Lipinski definition) is 6. The SMILES string of the molecule is [2H]c1cc(Cc2nccc3c2nc(C)n3C)ccc1S(=O)(=O)N(CC=C)CC(=O)OCC. The van der Waals surface area contributed by atoms with E-state index in [1.165, 1.54) is 18.2 Å². The van der Waals surface area contributed by atoms with E-state index in [0.29, 0.717) is 6.42 Å². The van der Waals surface area contributed by atoms with E-state index in [1.54, 1.807) is 19.2 Å². The largest absolute Gasteiger partial charge is 0.465 e. The number of aromatic nitrogens is 3. The third kappa shape index (κ3) is 4.83. The Balaban J connectivity index is 1.91. The zero-order valence-electron chi connectivity index (χ0n) is 18.8. The van der Waals surface area contributed by atoms with Gasteiger partial charge in [-0.15, -0.1) is 6.58 Å². The molecule has 0 aliphatic heterocycles. The lowest BCUT2D eigenvalue weighted by Gasteiger charge is -2.20. The molecule has 8 nitrogen and oxygen atoms in total.